The quantitative estimate of drug-likeness (QED) is 0.516. The van der Waals surface area contributed by atoms with Crippen molar-refractivity contribution in [2.24, 2.45) is 46.3 Å². The van der Waals surface area contributed by atoms with Gasteiger partial charge in [-0.1, -0.05) is 39.3 Å². The monoisotopic (exact) mass is 414 g/mol. The molecule has 3 saturated carbocycles. The molecule has 1 spiro atoms. The number of aliphatic hydroxyl groups excluding tert-OH is 1. The third kappa shape index (κ3) is 2.55. The molecule has 2 saturated heterocycles. The van der Waals surface area contributed by atoms with Crippen molar-refractivity contribution >= 4 is 0 Å². The SMILES string of the molecule is C[C@H]1CC[C@]2(OC1)O[C@H]1C[C@H]3[C@@H]4CC=C5C[C@@H](O)CC[C@]5(C)[C@H]4CC[C@]3(C)C1[C@@H]2C. The molecule has 5 fully saturated rings. The van der Waals surface area contributed by atoms with E-state index in [1.54, 1.807) is 5.57 Å². The van der Waals surface area contributed by atoms with Crippen LogP contribution >= 0.6 is 0 Å². The molecule has 0 aromatic heterocycles. The van der Waals surface area contributed by atoms with Gasteiger partial charge in [0, 0.05) is 12.3 Å². The van der Waals surface area contributed by atoms with E-state index in [1.807, 2.05) is 0 Å². The predicted molar refractivity (Wildman–Crippen MR) is 118 cm³/mol. The molecule has 6 rings (SSSR count). The number of ether oxygens (including phenoxy) is 2. The van der Waals surface area contributed by atoms with Crippen LogP contribution in [0.2, 0.25) is 0 Å². The second-order valence-corrected chi connectivity index (χ2v) is 12.7. The summed E-state index contributed by atoms with van der Waals surface area (Å²) in [6.45, 7) is 10.8. The van der Waals surface area contributed by atoms with Crippen molar-refractivity contribution in [2.45, 2.75) is 103 Å². The normalized spacial score (nSPS) is 59.8. The van der Waals surface area contributed by atoms with Crippen LogP contribution < -0.4 is 0 Å². The highest BCUT2D eigenvalue weighted by Gasteiger charge is 2.68. The highest BCUT2D eigenvalue weighted by Crippen LogP contribution is 2.70. The van der Waals surface area contributed by atoms with Gasteiger partial charge in [0.2, 0.25) is 0 Å². The number of allylic oxidation sites excluding steroid dienone is 1. The minimum atomic E-state index is -0.294. The lowest BCUT2D eigenvalue weighted by Gasteiger charge is -2.58. The zero-order chi connectivity index (χ0) is 20.9. The molecular formula is C27H42O3. The number of hydrogen-bond donors (Lipinski definition) is 1. The average Bonchev–Trinajstić information content (AvgIpc) is 3.16. The third-order valence-corrected chi connectivity index (χ3v) is 11.3. The van der Waals surface area contributed by atoms with Gasteiger partial charge in [-0.2, -0.15) is 0 Å². The first-order chi connectivity index (χ1) is 14.3. The Bertz CT molecular complexity index is 736. The van der Waals surface area contributed by atoms with Crippen molar-refractivity contribution in [2.75, 3.05) is 6.61 Å². The van der Waals surface area contributed by atoms with Gasteiger partial charge in [0.1, 0.15) is 0 Å². The van der Waals surface area contributed by atoms with Crippen LogP contribution in [0.5, 0.6) is 0 Å². The van der Waals surface area contributed by atoms with Gasteiger partial charge in [-0.05, 0) is 91.8 Å². The molecule has 6 aliphatic rings. The summed E-state index contributed by atoms with van der Waals surface area (Å²) < 4.78 is 13.3. The van der Waals surface area contributed by atoms with Crippen molar-refractivity contribution < 1.29 is 14.6 Å². The highest BCUT2D eigenvalue weighted by molar-refractivity contribution is 5.26. The van der Waals surface area contributed by atoms with Crippen molar-refractivity contribution in [3.63, 3.8) is 0 Å². The maximum absolute atomic E-state index is 10.3. The van der Waals surface area contributed by atoms with E-state index in [1.165, 1.54) is 38.5 Å². The van der Waals surface area contributed by atoms with E-state index in [0.717, 1.165) is 43.6 Å². The Morgan fingerprint density at radius 2 is 1.87 bits per heavy atom. The Morgan fingerprint density at radius 3 is 2.63 bits per heavy atom. The molecule has 0 radical (unpaired) electrons. The number of hydrogen-bond acceptors (Lipinski definition) is 3. The summed E-state index contributed by atoms with van der Waals surface area (Å²) in [4.78, 5) is 0. The summed E-state index contributed by atoms with van der Waals surface area (Å²) in [5, 5.41) is 10.3. The Balaban J connectivity index is 1.28. The lowest BCUT2D eigenvalue weighted by molar-refractivity contribution is -0.272. The van der Waals surface area contributed by atoms with Gasteiger partial charge in [-0.3, -0.25) is 0 Å². The smallest absolute Gasteiger partial charge is 0.171 e. The third-order valence-electron chi connectivity index (χ3n) is 11.3. The molecule has 3 nitrogen and oxygen atoms in total. The van der Waals surface area contributed by atoms with Crippen LogP contribution in [0.1, 0.15) is 85.5 Å². The maximum atomic E-state index is 10.3. The van der Waals surface area contributed by atoms with Gasteiger partial charge in [0.05, 0.1) is 18.8 Å². The van der Waals surface area contributed by atoms with Gasteiger partial charge >= 0.3 is 0 Å². The molecule has 1 N–H and O–H groups in total. The molecule has 0 bridgehead atoms. The summed E-state index contributed by atoms with van der Waals surface area (Å²) in [5.74, 6) is 3.94. The minimum Gasteiger partial charge on any atom is -0.393 e. The van der Waals surface area contributed by atoms with Gasteiger partial charge in [0.25, 0.3) is 0 Å². The number of aliphatic hydroxyl groups is 1. The van der Waals surface area contributed by atoms with Crippen LogP contribution in [0, 0.1) is 46.3 Å². The summed E-state index contributed by atoms with van der Waals surface area (Å²) in [6, 6.07) is 0. The van der Waals surface area contributed by atoms with Crippen LogP contribution in [0.25, 0.3) is 0 Å². The van der Waals surface area contributed by atoms with Gasteiger partial charge in [-0.15, -0.1) is 0 Å². The predicted octanol–water partition coefficient (Wildman–Crippen LogP) is 5.71. The zero-order valence-electron chi connectivity index (χ0n) is 19.5. The first-order valence-corrected chi connectivity index (χ1v) is 13.0. The van der Waals surface area contributed by atoms with Crippen molar-refractivity contribution in [3.05, 3.63) is 11.6 Å². The molecule has 4 aliphatic carbocycles. The zero-order valence-corrected chi connectivity index (χ0v) is 19.5. The van der Waals surface area contributed by atoms with Crippen LogP contribution in [-0.2, 0) is 9.47 Å². The van der Waals surface area contributed by atoms with E-state index in [0.29, 0.717) is 34.7 Å². The second-order valence-electron chi connectivity index (χ2n) is 12.7. The Morgan fingerprint density at radius 1 is 1.03 bits per heavy atom. The summed E-state index contributed by atoms with van der Waals surface area (Å²) in [7, 11) is 0. The van der Waals surface area contributed by atoms with Gasteiger partial charge in [-0.25, -0.2) is 0 Å². The fourth-order valence-corrected chi connectivity index (χ4v) is 9.66. The van der Waals surface area contributed by atoms with Crippen LogP contribution in [0.15, 0.2) is 11.6 Å². The molecule has 2 aliphatic heterocycles. The molecule has 0 amide bonds. The second kappa shape index (κ2) is 6.58. The minimum absolute atomic E-state index is 0.107. The first kappa shape index (κ1) is 20.2. The van der Waals surface area contributed by atoms with E-state index >= 15 is 0 Å². The van der Waals surface area contributed by atoms with Crippen molar-refractivity contribution in [3.8, 4) is 0 Å². The molecule has 2 heterocycles. The Hall–Kier alpha value is -0.380. The fourth-order valence-electron chi connectivity index (χ4n) is 9.66. The first-order valence-electron chi connectivity index (χ1n) is 13.0. The van der Waals surface area contributed by atoms with E-state index in [2.05, 4.69) is 33.8 Å². The van der Waals surface area contributed by atoms with E-state index in [9.17, 15) is 5.11 Å². The highest BCUT2D eigenvalue weighted by atomic mass is 16.7. The van der Waals surface area contributed by atoms with Gasteiger partial charge in [0.15, 0.2) is 5.79 Å². The Labute approximate surface area is 183 Å². The van der Waals surface area contributed by atoms with E-state index < -0.39 is 0 Å². The standard InChI is InChI=1S/C27H42O3/c1-16-7-12-27(29-15-16)17(2)24-23(30-27)14-22-20-6-5-18-13-19(28)8-10-25(18,3)21(20)9-11-26(22,24)4/h5,16-17,19-24,28H,6-15H2,1-4H3/t16-,17-,19-,20+,21-,22-,23-,24?,25-,26-,27-/m0/s1. The van der Waals surface area contributed by atoms with E-state index in [4.69, 9.17) is 9.47 Å². The molecule has 0 aromatic rings. The number of fused-ring (bicyclic) bond motifs is 7. The van der Waals surface area contributed by atoms with Crippen LogP contribution in [0.4, 0.5) is 0 Å². The molecule has 1 unspecified atom stereocenters. The fraction of sp³-hybridized carbons (Fsp3) is 0.926. The van der Waals surface area contributed by atoms with E-state index in [-0.39, 0.29) is 11.9 Å². The molecule has 168 valence electrons. The molecule has 3 heteroatoms. The Kier molecular flexibility index (Phi) is 4.44. The maximum Gasteiger partial charge on any atom is 0.171 e. The summed E-state index contributed by atoms with van der Waals surface area (Å²) >= 11 is 0. The lowest BCUT2D eigenvalue weighted by Crippen LogP contribution is -2.52. The average molecular weight is 415 g/mol. The number of rotatable bonds is 0. The topological polar surface area (TPSA) is 38.7 Å². The van der Waals surface area contributed by atoms with Crippen molar-refractivity contribution in [1.29, 1.82) is 0 Å². The van der Waals surface area contributed by atoms with Gasteiger partial charge < -0.3 is 14.6 Å². The molecule has 0 aromatic carbocycles. The molecule has 30 heavy (non-hydrogen) atoms. The largest absolute Gasteiger partial charge is 0.393 e. The summed E-state index contributed by atoms with van der Waals surface area (Å²) in [5.41, 5.74) is 2.31. The van der Waals surface area contributed by atoms with Crippen LogP contribution in [-0.4, -0.2) is 29.7 Å². The molecule has 11 atom stereocenters. The summed E-state index contributed by atoms with van der Waals surface area (Å²) in [6.07, 6.45) is 13.5. The van der Waals surface area contributed by atoms with Crippen LogP contribution in [0.3, 0.4) is 0 Å². The van der Waals surface area contributed by atoms with Crippen molar-refractivity contribution in [1.82, 2.24) is 0 Å². The molecular weight excluding hydrogens is 372 g/mol. The lowest BCUT2D eigenvalue weighted by atomic mass is 9.47.